The minimum absolute atomic E-state index is 0.0324. The lowest BCUT2D eigenvalue weighted by atomic mass is 10.1. The Balaban J connectivity index is 1.30. The van der Waals surface area contributed by atoms with Crippen LogP contribution in [0.3, 0.4) is 0 Å². The highest BCUT2D eigenvalue weighted by Crippen LogP contribution is 2.36. The number of carbonyl (C=O) groups excluding carboxylic acids is 1. The van der Waals surface area contributed by atoms with E-state index in [1.165, 1.54) is 4.31 Å². The molecule has 202 valence electrons. The van der Waals surface area contributed by atoms with Crippen LogP contribution in [0, 0.1) is 0 Å². The summed E-state index contributed by atoms with van der Waals surface area (Å²) in [6.07, 6.45) is -1.95. The van der Waals surface area contributed by atoms with Gasteiger partial charge in [0.2, 0.25) is 15.9 Å². The molecular weight excluding hydrogens is 543 g/mol. The van der Waals surface area contributed by atoms with Gasteiger partial charge in [-0.2, -0.15) is 17.5 Å². The Kier molecular flexibility index (Phi) is 7.14. The van der Waals surface area contributed by atoms with Crippen LogP contribution in [-0.2, 0) is 27.5 Å². The van der Waals surface area contributed by atoms with E-state index in [1.807, 2.05) is 22.9 Å². The molecule has 4 heterocycles. The Bertz CT molecular complexity index is 1420. The van der Waals surface area contributed by atoms with Gasteiger partial charge in [0.05, 0.1) is 21.5 Å². The third kappa shape index (κ3) is 5.12. The average Bonchev–Trinajstić information content (AvgIpc) is 3.38. The number of amides is 1. The van der Waals surface area contributed by atoms with Crippen molar-refractivity contribution >= 4 is 33.3 Å². The van der Waals surface area contributed by atoms with Crippen LogP contribution in [0.1, 0.15) is 23.7 Å². The van der Waals surface area contributed by atoms with Crippen molar-refractivity contribution in [1.29, 1.82) is 0 Å². The predicted molar refractivity (Wildman–Crippen MR) is 135 cm³/mol. The highest BCUT2D eigenvalue weighted by atomic mass is 35.5. The molecule has 0 saturated carbocycles. The first-order valence-corrected chi connectivity index (χ1v) is 13.8. The molecule has 8 nitrogen and oxygen atoms in total. The molecule has 3 aromatic rings. The van der Waals surface area contributed by atoms with Crippen LogP contribution in [-0.4, -0.2) is 65.8 Å². The number of piperazine rings is 1. The fraction of sp³-hybridized carbons (Fsp3) is 0.360. The van der Waals surface area contributed by atoms with Crippen molar-refractivity contribution in [1.82, 2.24) is 18.8 Å². The van der Waals surface area contributed by atoms with Crippen LogP contribution in [0.15, 0.2) is 65.8 Å². The highest BCUT2D eigenvalue weighted by Gasteiger charge is 2.39. The van der Waals surface area contributed by atoms with Gasteiger partial charge in [0.25, 0.3) is 0 Å². The van der Waals surface area contributed by atoms with Crippen LogP contribution in [0.2, 0.25) is 5.02 Å². The molecule has 2 aliphatic heterocycles. The Hall–Kier alpha value is -3.09. The summed E-state index contributed by atoms with van der Waals surface area (Å²) in [6.45, 7) is 1.99. The summed E-state index contributed by atoms with van der Waals surface area (Å²) in [7, 11) is -3.83. The molecule has 1 fully saturated rings. The number of rotatable bonds is 5. The van der Waals surface area contributed by atoms with E-state index in [-0.39, 0.29) is 34.6 Å². The number of fused-ring (bicyclic) bond motifs is 1. The van der Waals surface area contributed by atoms with Crippen molar-refractivity contribution in [2.24, 2.45) is 0 Å². The molecule has 0 radical (unpaired) electrons. The summed E-state index contributed by atoms with van der Waals surface area (Å²) >= 11 is 6.09. The second-order valence-electron chi connectivity index (χ2n) is 9.17. The number of hydrogen-bond acceptors (Lipinski definition) is 5. The first-order valence-electron chi connectivity index (χ1n) is 12.0. The summed E-state index contributed by atoms with van der Waals surface area (Å²) in [5, 5.41) is -0.107. The van der Waals surface area contributed by atoms with Crippen LogP contribution < -0.4 is 4.90 Å². The first-order chi connectivity index (χ1) is 18.1. The van der Waals surface area contributed by atoms with Crippen molar-refractivity contribution < 1.29 is 26.4 Å². The molecular formula is C25H25ClF3N5O3S. The van der Waals surface area contributed by atoms with Crippen LogP contribution >= 0.6 is 11.6 Å². The van der Waals surface area contributed by atoms with E-state index in [0.29, 0.717) is 32.7 Å². The molecule has 0 aliphatic carbocycles. The lowest BCUT2D eigenvalue weighted by molar-refractivity contribution is -0.138. The standard InChI is InChI=1S/C25H25ClF3N5O3S/c26-20-15-18(25(27,28)29)17-30-24(20)33-11-9-32(10-12-33)23(35)16-22-21-7-4-8-31(21)13-14-34(22)38(36,37)19-5-2-1-3-6-19/h1-8,15,17,22H,9-14,16H2. The van der Waals surface area contributed by atoms with Gasteiger partial charge in [-0.3, -0.25) is 4.79 Å². The molecule has 2 aliphatic rings. The molecule has 38 heavy (non-hydrogen) atoms. The van der Waals surface area contributed by atoms with E-state index in [4.69, 9.17) is 11.6 Å². The number of nitrogens with zero attached hydrogens (tertiary/aromatic N) is 5. The van der Waals surface area contributed by atoms with Gasteiger partial charge in [-0.1, -0.05) is 29.8 Å². The number of carbonyl (C=O) groups is 1. The molecule has 1 atom stereocenters. The van der Waals surface area contributed by atoms with Crippen LogP contribution in [0.25, 0.3) is 0 Å². The topological polar surface area (TPSA) is 78.8 Å². The largest absolute Gasteiger partial charge is 0.417 e. The van der Waals surface area contributed by atoms with Gasteiger partial charge in [0, 0.05) is 63.8 Å². The lowest BCUT2D eigenvalue weighted by Crippen LogP contribution is -2.50. The molecule has 0 N–H and O–H groups in total. The Labute approximate surface area is 223 Å². The van der Waals surface area contributed by atoms with Gasteiger partial charge in [-0.25, -0.2) is 13.4 Å². The summed E-state index contributed by atoms with van der Waals surface area (Å²) in [6, 6.07) is 12.0. The van der Waals surface area contributed by atoms with E-state index in [2.05, 4.69) is 4.98 Å². The molecule has 13 heteroatoms. The number of pyridine rings is 1. The molecule has 1 aromatic carbocycles. The predicted octanol–water partition coefficient (Wildman–Crippen LogP) is 4.04. The second kappa shape index (κ2) is 10.2. The smallest absolute Gasteiger partial charge is 0.352 e. The van der Waals surface area contributed by atoms with Gasteiger partial charge >= 0.3 is 6.18 Å². The molecule has 1 unspecified atom stereocenters. The van der Waals surface area contributed by atoms with E-state index >= 15 is 0 Å². The molecule has 1 saturated heterocycles. The summed E-state index contributed by atoms with van der Waals surface area (Å²) in [4.78, 5) is 20.8. The monoisotopic (exact) mass is 567 g/mol. The van der Waals surface area contributed by atoms with Gasteiger partial charge < -0.3 is 14.4 Å². The molecule has 5 rings (SSSR count). The van der Waals surface area contributed by atoms with E-state index < -0.39 is 27.8 Å². The maximum Gasteiger partial charge on any atom is 0.417 e. The number of alkyl halides is 3. The third-order valence-corrected chi connectivity index (χ3v) is 9.11. The Morgan fingerprint density at radius 3 is 2.37 bits per heavy atom. The lowest BCUT2D eigenvalue weighted by Gasteiger charge is -2.39. The summed E-state index contributed by atoms with van der Waals surface area (Å²) in [5.41, 5.74) is -0.171. The molecule has 1 amide bonds. The number of anilines is 1. The fourth-order valence-corrected chi connectivity index (χ4v) is 6.84. The van der Waals surface area contributed by atoms with Crippen LogP contribution in [0.4, 0.5) is 19.0 Å². The van der Waals surface area contributed by atoms with Gasteiger partial charge in [0.1, 0.15) is 5.82 Å². The zero-order chi connectivity index (χ0) is 27.1. The van der Waals surface area contributed by atoms with Crippen molar-refractivity contribution in [3.63, 3.8) is 0 Å². The van der Waals surface area contributed by atoms with Gasteiger partial charge in [-0.15, -0.1) is 0 Å². The SMILES string of the molecule is O=C(CC1c2cccn2CCN1S(=O)(=O)c1ccccc1)N1CCN(c2ncc(C(F)(F)F)cc2Cl)CC1. The normalized spacial score (nSPS) is 18.9. The zero-order valence-electron chi connectivity index (χ0n) is 20.2. The maximum atomic E-state index is 13.5. The third-order valence-electron chi connectivity index (χ3n) is 6.91. The zero-order valence-corrected chi connectivity index (χ0v) is 21.8. The summed E-state index contributed by atoms with van der Waals surface area (Å²) < 4.78 is 69.2. The minimum atomic E-state index is -4.54. The fourth-order valence-electron chi connectivity index (χ4n) is 4.95. The van der Waals surface area contributed by atoms with Gasteiger partial charge in [0.15, 0.2) is 0 Å². The van der Waals surface area contributed by atoms with Crippen molar-refractivity contribution in [3.05, 3.63) is 77.2 Å². The number of benzene rings is 1. The molecule has 0 spiro atoms. The number of halogens is 4. The van der Waals surface area contributed by atoms with Crippen LogP contribution in [0.5, 0.6) is 0 Å². The number of sulfonamides is 1. The van der Waals surface area contributed by atoms with E-state index in [9.17, 15) is 26.4 Å². The molecule has 2 aromatic heterocycles. The quantitative estimate of drug-likeness (QED) is 0.465. The van der Waals surface area contributed by atoms with Crippen molar-refractivity contribution in [3.8, 4) is 0 Å². The van der Waals surface area contributed by atoms with Crippen molar-refractivity contribution in [2.75, 3.05) is 37.6 Å². The first kappa shape index (κ1) is 26.5. The number of hydrogen-bond donors (Lipinski definition) is 0. The van der Waals surface area contributed by atoms with Crippen molar-refractivity contribution in [2.45, 2.75) is 30.1 Å². The highest BCUT2D eigenvalue weighted by molar-refractivity contribution is 7.89. The Morgan fingerprint density at radius 1 is 1.00 bits per heavy atom. The maximum absolute atomic E-state index is 13.5. The second-order valence-corrected chi connectivity index (χ2v) is 11.5. The van der Waals surface area contributed by atoms with E-state index in [0.717, 1.165) is 18.0 Å². The minimum Gasteiger partial charge on any atom is -0.352 e. The summed E-state index contributed by atoms with van der Waals surface area (Å²) in [5.74, 6) is 0.0287. The van der Waals surface area contributed by atoms with Gasteiger partial charge in [-0.05, 0) is 30.3 Å². The Morgan fingerprint density at radius 2 is 1.71 bits per heavy atom. The average molecular weight is 568 g/mol. The number of aromatic nitrogens is 2. The molecule has 0 bridgehead atoms. The van der Waals surface area contributed by atoms with E-state index in [1.54, 1.807) is 40.1 Å².